The Bertz CT molecular complexity index is 1320. The number of rotatable bonds is 13. The van der Waals surface area contributed by atoms with Gasteiger partial charge in [-0.15, -0.1) is 0 Å². The zero-order valence-electron chi connectivity index (χ0n) is 22.9. The molecule has 0 saturated carbocycles. The maximum Gasteiger partial charge on any atom is 0.264 e. The van der Waals surface area contributed by atoms with Crippen LogP contribution in [0.1, 0.15) is 32.8 Å². The predicted octanol–water partition coefficient (Wildman–Crippen LogP) is 4.27. The maximum absolute atomic E-state index is 13.8. The second-order valence-electron chi connectivity index (χ2n) is 9.34. The van der Waals surface area contributed by atoms with Crippen LogP contribution in [0.3, 0.4) is 0 Å². The van der Waals surface area contributed by atoms with E-state index in [4.69, 9.17) is 4.74 Å². The van der Waals surface area contributed by atoms with E-state index in [2.05, 4.69) is 5.32 Å². The lowest BCUT2D eigenvalue weighted by molar-refractivity contribution is -0.139. The Morgan fingerprint density at radius 3 is 2.05 bits per heavy atom. The van der Waals surface area contributed by atoms with E-state index in [9.17, 15) is 18.0 Å². The average molecular weight is 552 g/mol. The van der Waals surface area contributed by atoms with Crippen molar-refractivity contribution in [1.82, 2.24) is 10.2 Å². The van der Waals surface area contributed by atoms with Crippen molar-refractivity contribution in [2.24, 2.45) is 0 Å². The molecule has 1 N–H and O–H groups in total. The molecule has 208 valence electrons. The molecule has 0 spiro atoms. The molecule has 0 bridgehead atoms. The number of amides is 2. The number of carbonyl (C=O) groups excluding carboxylic acids is 2. The van der Waals surface area contributed by atoms with Crippen molar-refractivity contribution in [2.75, 3.05) is 24.5 Å². The number of nitrogens with one attached hydrogen (secondary N) is 1. The number of carbonyl (C=O) groups is 2. The van der Waals surface area contributed by atoms with Crippen LogP contribution in [-0.2, 0) is 26.0 Å². The quantitative estimate of drug-likeness (QED) is 0.342. The highest BCUT2D eigenvalue weighted by Crippen LogP contribution is 2.25. The molecule has 8 nitrogen and oxygen atoms in total. The number of benzene rings is 3. The summed E-state index contributed by atoms with van der Waals surface area (Å²) in [5, 5.41) is 2.94. The van der Waals surface area contributed by atoms with Crippen molar-refractivity contribution in [3.05, 3.63) is 90.5 Å². The molecule has 0 aliphatic carbocycles. The summed E-state index contributed by atoms with van der Waals surface area (Å²) in [6, 6.07) is 23.3. The molecule has 3 rings (SSSR count). The zero-order valence-corrected chi connectivity index (χ0v) is 23.7. The number of ether oxygens (including phenoxy) is 1. The van der Waals surface area contributed by atoms with Gasteiger partial charge in [0.25, 0.3) is 10.0 Å². The molecule has 2 atom stereocenters. The Balaban J connectivity index is 1.94. The van der Waals surface area contributed by atoms with Gasteiger partial charge in [0.1, 0.15) is 18.3 Å². The van der Waals surface area contributed by atoms with Gasteiger partial charge in [-0.2, -0.15) is 0 Å². The summed E-state index contributed by atoms with van der Waals surface area (Å²) in [6.07, 6.45) is 1.27. The Kier molecular flexibility index (Phi) is 10.5. The molecule has 3 aromatic rings. The van der Waals surface area contributed by atoms with Crippen LogP contribution in [0.5, 0.6) is 5.75 Å². The second kappa shape index (κ2) is 13.8. The zero-order chi connectivity index (χ0) is 28.4. The number of methoxy groups -OCH3 is 1. The lowest BCUT2D eigenvalue weighted by Gasteiger charge is -2.32. The minimum absolute atomic E-state index is 0.0263. The molecule has 39 heavy (non-hydrogen) atoms. The largest absolute Gasteiger partial charge is 0.497 e. The number of hydrogen-bond acceptors (Lipinski definition) is 5. The minimum Gasteiger partial charge on any atom is -0.497 e. The van der Waals surface area contributed by atoms with Gasteiger partial charge >= 0.3 is 0 Å². The lowest BCUT2D eigenvalue weighted by Crippen LogP contribution is -2.53. The molecule has 0 fully saturated rings. The molecule has 0 radical (unpaired) electrons. The van der Waals surface area contributed by atoms with Crippen LogP contribution in [0.4, 0.5) is 5.69 Å². The Hall–Kier alpha value is -3.85. The summed E-state index contributed by atoms with van der Waals surface area (Å²) < 4.78 is 33.8. The van der Waals surface area contributed by atoms with Gasteiger partial charge in [-0.25, -0.2) is 8.42 Å². The first kappa shape index (κ1) is 29.7. The first-order chi connectivity index (χ1) is 18.7. The third-order valence-corrected chi connectivity index (χ3v) is 8.41. The van der Waals surface area contributed by atoms with Crippen molar-refractivity contribution in [3.8, 4) is 5.75 Å². The van der Waals surface area contributed by atoms with E-state index in [0.717, 1.165) is 16.3 Å². The smallest absolute Gasteiger partial charge is 0.264 e. The summed E-state index contributed by atoms with van der Waals surface area (Å²) in [5.41, 5.74) is 1.36. The molecule has 3 aromatic carbocycles. The van der Waals surface area contributed by atoms with E-state index in [0.29, 0.717) is 17.9 Å². The van der Waals surface area contributed by atoms with Crippen LogP contribution >= 0.6 is 0 Å². The van der Waals surface area contributed by atoms with Crippen molar-refractivity contribution in [1.29, 1.82) is 0 Å². The number of sulfonamides is 1. The molecule has 2 amide bonds. The molecular weight excluding hydrogens is 514 g/mol. The summed E-state index contributed by atoms with van der Waals surface area (Å²) in [6.45, 7) is 5.33. The standard InChI is InChI=1S/C30H37N3O5S/c1-5-23(2)31-30(35)24(3)32(21-20-25-12-8-6-9-13-25)29(34)22-33(26-14-10-7-11-15-26)39(36,37)28-18-16-27(38-4)17-19-28/h6-19,23-24H,5,20-22H2,1-4H3,(H,31,35)/t23-,24+/m1/s1. The molecule has 0 heterocycles. The molecule has 0 aliphatic rings. The molecule has 0 saturated heterocycles. The Morgan fingerprint density at radius 2 is 1.49 bits per heavy atom. The summed E-state index contributed by atoms with van der Waals surface area (Å²) in [4.78, 5) is 28.4. The summed E-state index contributed by atoms with van der Waals surface area (Å²) in [5.74, 6) is -0.238. The Morgan fingerprint density at radius 1 is 0.897 bits per heavy atom. The number of para-hydroxylation sites is 1. The van der Waals surface area contributed by atoms with E-state index in [-0.39, 0.29) is 23.4 Å². The monoisotopic (exact) mass is 551 g/mol. The molecule has 9 heteroatoms. The fourth-order valence-electron chi connectivity index (χ4n) is 4.03. The van der Waals surface area contributed by atoms with E-state index >= 15 is 0 Å². The minimum atomic E-state index is -4.11. The number of anilines is 1. The van der Waals surface area contributed by atoms with Crippen LogP contribution in [0.25, 0.3) is 0 Å². The van der Waals surface area contributed by atoms with Crippen molar-refractivity contribution >= 4 is 27.5 Å². The van der Waals surface area contributed by atoms with E-state index in [1.165, 1.54) is 24.1 Å². The van der Waals surface area contributed by atoms with Gasteiger partial charge in [0.2, 0.25) is 11.8 Å². The fraction of sp³-hybridized carbons (Fsp3) is 0.333. The van der Waals surface area contributed by atoms with Gasteiger partial charge < -0.3 is 15.0 Å². The van der Waals surface area contributed by atoms with E-state index in [1.807, 2.05) is 44.2 Å². The third kappa shape index (κ3) is 7.83. The van der Waals surface area contributed by atoms with Crippen molar-refractivity contribution in [3.63, 3.8) is 0 Å². The second-order valence-corrected chi connectivity index (χ2v) is 11.2. The summed E-state index contributed by atoms with van der Waals surface area (Å²) in [7, 11) is -2.61. The number of nitrogens with zero attached hydrogens (tertiary/aromatic N) is 2. The van der Waals surface area contributed by atoms with Gasteiger partial charge in [-0.3, -0.25) is 13.9 Å². The van der Waals surface area contributed by atoms with Crippen LogP contribution in [-0.4, -0.2) is 57.4 Å². The van der Waals surface area contributed by atoms with Crippen LogP contribution < -0.4 is 14.4 Å². The van der Waals surface area contributed by atoms with Crippen LogP contribution in [0, 0.1) is 0 Å². The summed E-state index contributed by atoms with van der Waals surface area (Å²) >= 11 is 0. The van der Waals surface area contributed by atoms with Gasteiger partial charge in [-0.1, -0.05) is 55.5 Å². The van der Waals surface area contributed by atoms with Crippen molar-refractivity contribution < 1.29 is 22.7 Å². The molecule has 0 aromatic heterocycles. The maximum atomic E-state index is 13.8. The first-order valence-corrected chi connectivity index (χ1v) is 14.5. The molecular formula is C30H37N3O5S. The van der Waals surface area contributed by atoms with Gasteiger partial charge in [0, 0.05) is 12.6 Å². The Labute approximate surface area is 231 Å². The van der Waals surface area contributed by atoms with Gasteiger partial charge in [0.05, 0.1) is 17.7 Å². The third-order valence-electron chi connectivity index (χ3n) is 6.62. The van der Waals surface area contributed by atoms with Crippen LogP contribution in [0.15, 0.2) is 89.8 Å². The van der Waals surface area contributed by atoms with E-state index in [1.54, 1.807) is 49.4 Å². The fourth-order valence-corrected chi connectivity index (χ4v) is 5.45. The number of hydrogen-bond donors (Lipinski definition) is 1. The lowest BCUT2D eigenvalue weighted by atomic mass is 10.1. The normalized spacial score (nSPS) is 12.7. The van der Waals surface area contributed by atoms with Crippen molar-refractivity contribution in [2.45, 2.75) is 50.6 Å². The highest BCUT2D eigenvalue weighted by atomic mass is 32.2. The average Bonchev–Trinajstić information content (AvgIpc) is 2.96. The van der Waals surface area contributed by atoms with Crippen LogP contribution in [0.2, 0.25) is 0 Å². The van der Waals surface area contributed by atoms with Gasteiger partial charge in [0.15, 0.2) is 0 Å². The van der Waals surface area contributed by atoms with E-state index < -0.39 is 28.5 Å². The highest BCUT2D eigenvalue weighted by Gasteiger charge is 2.32. The first-order valence-electron chi connectivity index (χ1n) is 13.0. The van der Waals surface area contributed by atoms with Gasteiger partial charge in [-0.05, 0) is 68.7 Å². The molecule has 0 aliphatic heterocycles. The molecule has 0 unspecified atom stereocenters. The highest BCUT2D eigenvalue weighted by molar-refractivity contribution is 7.92. The SMILES string of the molecule is CC[C@@H](C)NC(=O)[C@H](C)N(CCc1ccccc1)C(=O)CN(c1ccccc1)S(=O)(=O)c1ccc(OC)cc1. The predicted molar refractivity (Wildman–Crippen MR) is 153 cm³/mol. The topological polar surface area (TPSA) is 96.0 Å².